The minimum absolute atomic E-state index is 0.0533. The molecule has 1 aliphatic carbocycles. The average molecular weight is 293 g/mol. The van der Waals surface area contributed by atoms with Crippen LogP contribution in [0.4, 0.5) is 16.2 Å². The zero-order chi connectivity index (χ0) is 15.2. The number of anilines is 1. The van der Waals surface area contributed by atoms with Crippen LogP contribution in [-0.2, 0) is 0 Å². The summed E-state index contributed by atoms with van der Waals surface area (Å²) in [6.07, 6.45) is 3.83. The molecule has 0 bridgehead atoms. The molecule has 2 unspecified atom stereocenters. The molecular weight excluding hydrogens is 274 g/mol. The van der Waals surface area contributed by atoms with E-state index in [1.54, 1.807) is 6.07 Å². The van der Waals surface area contributed by atoms with Gasteiger partial charge < -0.3 is 15.7 Å². The molecule has 7 nitrogen and oxygen atoms in total. The molecule has 2 atom stereocenters. The normalized spacial score (nSPS) is 21.6. The lowest BCUT2D eigenvalue weighted by molar-refractivity contribution is -0.384. The van der Waals surface area contributed by atoms with E-state index < -0.39 is 11.0 Å². The minimum atomic E-state index is -0.508. The Kier molecular flexibility index (Phi) is 5.10. The van der Waals surface area contributed by atoms with Crippen LogP contribution < -0.4 is 10.6 Å². The minimum Gasteiger partial charge on any atom is -0.396 e. The van der Waals surface area contributed by atoms with E-state index in [1.165, 1.54) is 18.2 Å². The van der Waals surface area contributed by atoms with Gasteiger partial charge in [0.2, 0.25) is 0 Å². The van der Waals surface area contributed by atoms with Gasteiger partial charge in [-0.3, -0.25) is 10.1 Å². The molecule has 7 heteroatoms. The third-order valence-electron chi connectivity index (χ3n) is 3.77. The van der Waals surface area contributed by atoms with Gasteiger partial charge in [0.1, 0.15) is 0 Å². The van der Waals surface area contributed by atoms with Crippen molar-refractivity contribution in [2.75, 3.05) is 11.9 Å². The molecule has 1 aromatic carbocycles. The third kappa shape index (κ3) is 4.16. The number of amides is 2. The van der Waals surface area contributed by atoms with Gasteiger partial charge in [-0.2, -0.15) is 0 Å². The average Bonchev–Trinajstić information content (AvgIpc) is 2.48. The molecule has 0 aliphatic heterocycles. The van der Waals surface area contributed by atoms with Crippen molar-refractivity contribution in [2.24, 2.45) is 5.92 Å². The number of nitrogens with zero attached hydrogens (tertiary/aromatic N) is 1. The molecule has 1 fully saturated rings. The van der Waals surface area contributed by atoms with Crippen LogP contribution >= 0.6 is 0 Å². The maximum atomic E-state index is 11.9. The maximum Gasteiger partial charge on any atom is 0.319 e. The van der Waals surface area contributed by atoms with E-state index in [4.69, 9.17) is 0 Å². The van der Waals surface area contributed by atoms with Crippen LogP contribution in [0.1, 0.15) is 25.7 Å². The lowest BCUT2D eigenvalue weighted by Gasteiger charge is -2.30. The predicted octanol–water partition coefficient (Wildman–Crippen LogP) is 2.27. The quantitative estimate of drug-likeness (QED) is 0.585. The van der Waals surface area contributed by atoms with Crippen molar-refractivity contribution in [3.63, 3.8) is 0 Å². The molecule has 114 valence electrons. The summed E-state index contributed by atoms with van der Waals surface area (Å²) in [5.41, 5.74) is 0.303. The van der Waals surface area contributed by atoms with Crippen molar-refractivity contribution in [1.82, 2.24) is 5.32 Å². The van der Waals surface area contributed by atoms with E-state index in [9.17, 15) is 20.0 Å². The number of non-ortho nitro benzene ring substituents is 1. The summed E-state index contributed by atoms with van der Waals surface area (Å²) < 4.78 is 0. The molecule has 2 amide bonds. The summed E-state index contributed by atoms with van der Waals surface area (Å²) in [6.45, 7) is 0.0573. The van der Waals surface area contributed by atoms with Gasteiger partial charge in [-0.1, -0.05) is 18.9 Å². The molecule has 1 saturated carbocycles. The molecule has 0 heterocycles. The topological polar surface area (TPSA) is 104 Å². The van der Waals surface area contributed by atoms with Crippen LogP contribution in [0.2, 0.25) is 0 Å². The number of benzene rings is 1. The Hall–Kier alpha value is -2.15. The first-order valence-corrected chi connectivity index (χ1v) is 7.03. The number of urea groups is 1. The van der Waals surface area contributed by atoms with Crippen LogP contribution in [0, 0.1) is 16.0 Å². The highest BCUT2D eigenvalue weighted by Gasteiger charge is 2.25. The molecule has 0 radical (unpaired) electrons. The zero-order valence-electron chi connectivity index (χ0n) is 11.6. The smallest absolute Gasteiger partial charge is 0.319 e. The second-order valence-corrected chi connectivity index (χ2v) is 5.24. The lowest BCUT2D eigenvalue weighted by Crippen LogP contribution is -2.45. The van der Waals surface area contributed by atoms with E-state index in [0.29, 0.717) is 5.69 Å². The van der Waals surface area contributed by atoms with Crippen molar-refractivity contribution >= 4 is 17.4 Å². The molecule has 3 N–H and O–H groups in total. The number of rotatable bonds is 4. The van der Waals surface area contributed by atoms with Crippen LogP contribution in [0.25, 0.3) is 0 Å². The number of nitro groups is 1. The molecule has 1 aliphatic rings. The van der Waals surface area contributed by atoms with E-state index in [-0.39, 0.29) is 24.3 Å². The number of nitrogens with one attached hydrogen (secondary N) is 2. The Bertz CT molecular complexity index is 521. The predicted molar refractivity (Wildman–Crippen MR) is 78.1 cm³/mol. The van der Waals surface area contributed by atoms with E-state index >= 15 is 0 Å². The number of carbonyl (C=O) groups is 1. The van der Waals surface area contributed by atoms with Crippen molar-refractivity contribution < 1.29 is 14.8 Å². The summed E-state index contributed by atoms with van der Waals surface area (Å²) in [4.78, 5) is 22.1. The fourth-order valence-electron chi connectivity index (χ4n) is 2.65. The number of aliphatic hydroxyl groups excluding tert-OH is 1. The Labute approximate surface area is 122 Å². The van der Waals surface area contributed by atoms with Gasteiger partial charge in [0, 0.05) is 36.4 Å². The largest absolute Gasteiger partial charge is 0.396 e. The van der Waals surface area contributed by atoms with Crippen LogP contribution in [0.3, 0.4) is 0 Å². The van der Waals surface area contributed by atoms with Crippen LogP contribution in [-0.4, -0.2) is 28.7 Å². The first-order chi connectivity index (χ1) is 10.1. The lowest BCUT2D eigenvalue weighted by atomic mass is 9.85. The number of nitro benzene ring substituents is 1. The van der Waals surface area contributed by atoms with E-state index in [0.717, 1.165) is 25.7 Å². The molecule has 0 saturated heterocycles. The summed E-state index contributed by atoms with van der Waals surface area (Å²) >= 11 is 0. The number of aliphatic hydroxyl groups is 1. The molecule has 0 spiro atoms. The van der Waals surface area contributed by atoms with Crippen molar-refractivity contribution in [2.45, 2.75) is 31.7 Å². The van der Waals surface area contributed by atoms with Gasteiger partial charge >= 0.3 is 6.03 Å². The fraction of sp³-hybridized carbons (Fsp3) is 0.500. The van der Waals surface area contributed by atoms with Crippen molar-refractivity contribution in [3.8, 4) is 0 Å². The van der Waals surface area contributed by atoms with Crippen LogP contribution in [0.15, 0.2) is 24.3 Å². The molecule has 2 rings (SSSR count). The molecular formula is C14H19N3O4. The van der Waals surface area contributed by atoms with E-state index in [1.807, 2.05) is 0 Å². The number of carbonyl (C=O) groups excluding carboxylic acids is 1. The summed E-state index contributed by atoms with van der Waals surface area (Å²) in [6, 6.07) is 5.33. The third-order valence-corrected chi connectivity index (χ3v) is 3.77. The molecule has 1 aromatic rings. The first-order valence-electron chi connectivity index (χ1n) is 7.03. The first kappa shape index (κ1) is 15.2. The van der Waals surface area contributed by atoms with Crippen molar-refractivity contribution in [1.29, 1.82) is 0 Å². The number of hydrogen-bond acceptors (Lipinski definition) is 4. The Morgan fingerprint density at radius 3 is 2.86 bits per heavy atom. The second-order valence-electron chi connectivity index (χ2n) is 5.24. The highest BCUT2D eigenvalue weighted by atomic mass is 16.6. The van der Waals surface area contributed by atoms with Gasteiger partial charge in [-0.25, -0.2) is 4.79 Å². The highest BCUT2D eigenvalue weighted by Crippen LogP contribution is 2.24. The Morgan fingerprint density at radius 2 is 2.14 bits per heavy atom. The standard InChI is InChI=1S/C14H19N3O4/c18-9-10-4-1-2-7-13(10)16-14(19)15-11-5-3-6-12(8-11)17(20)21/h3,5-6,8,10,13,18H,1-2,4,7,9H2,(H2,15,16,19). The second kappa shape index (κ2) is 7.03. The van der Waals surface area contributed by atoms with Gasteiger partial charge in [0.05, 0.1) is 4.92 Å². The number of hydrogen-bond donors (Lipinski definition) is 3. The van der Waals surface area contributed by atoms with Gasteiger partial charge in [0.25, 0.3) is 5.69 Å². The van der Waals surface area contributed by atoms with Crippen LogP contribution in [0.5, 0.6) is 0 Å². The molecule has 21 heavy (non-hydrogen) atoms. The highest BCUT2D eigenvalue weighted by molar-refractivity contribution is 5.89. The Morgan fingerprint density at radius 1 is 1.38 bits per heavy atom. The maximum absolute atomic E-state index is 11.9. The van der Waals surface area contributed by atoms with Gasteiger partial charge in [-0.15, -0.1) is 0 Å². The van der Waals surface area contributed by atoms with Crippen molar-refractivity contribution in [3.05, 3.63) is 34.4 Å². The summed E-state index contributed by atoms with van der Waals surface area (Å²) in [5.74, 6) is 0.0783. The SMILES string of the molecule is O=C(Nc1cccc([N+](=O)[O-])c1)NC1CCCCC1CO. The van der Waals surface area contributed by atoms with Gasteiger partial charge in [-0.05, 0) is 18.9 Å². The summed E-state index contributed by atoms with van der Waals surface area (Å²) in [5, 5.41) is 25.4. The molecule has 0 aromatic heterocycles. The zero-order valence-corrected chi connectivity index (χ0v) is 11.6. The van der Waals surface area contributed by atoms with E-state index in [2.05, 4.69) is 10.6 Å². The fourth-order valence-corrected chi connectivity index (χ4v) is 2.65. The Balaban J connectivity index is 1.95. The summed E-state index contributed by atoms with van der Waals surface area (Å²) in [7, 11) is 0. The van der Waals surface area contributed by atoms with Gasteiger partial charge in [0.15, 0.2) is 0 Å². The monoisotopic (exact) mass is 293 g/mol.